The summed E-state index contributed by atoms with van der Waals surface area (Å²) in [6.07, 6.45) is 0.995. The van der Waals surface area contributed by atoms with Crippen molar-refractivity contribution in [2.75, 3.05) is 12.4 Å². The van der Waals surface area contributed by atoms with Gasteiger partial charge in [-0.15, -0.1) is 0 Å². The normalized spacial score (nSPS) is 20.1. The topological polar surface area (TPSA) is 51.2 Å². The highest BCUT2D eigenvalue weighted by Gasteiger charge is 2.39. The average Bonchev–Trinajstić information content (AvgIpc) is 3.13. The van der Waals surface area contributed by atoms with Gasteiger partial charge < -0.3 is 10.1 Å². The van der Waals surface area contributed by atoms with Gasteiger partial charge in [0.25, 0.3) is 0 Å². The van der Waals surface area contributed by atoms with E-state index in [9.17, 15) is 4.79 Å². The third-order valence-corrected chi connectivity index (χ3v) is 4.84. The van der Waals surface area contributed by atoms with E-state index in [4.69, 9.17) is 4.74 Å². The smallest absolute Gasteiger partial charge is 0.228 e. The number of nitrogens with zero attached hydrogens (tertiary/aromatic N) is 1. The number of methoxy groups -OCH3 is 1. The summed E-state index contributed by atoms with van der Waals surface area (Å²) >= 11 is 1.34. The number of benzene rings is 1. The van der Waals surface area contributed by atoms with Crippen LogP contribution in [0.4, 0.5) is 5.00 Å². The van der Waals surface area contributed by atoms with Crippen LogP contribution in [0.5, 0.6) is 5.75 Å². The number of aromatic nitrogens is 1. The molecule has 0 bridgehead atoms. The highest BCUT2D eigenvalue weighted by atomic mass is 32.1. The van der Waals surface area contributed by atoms with Gasteiger partial charge in [-0.1, -0.05) is 6.92 Å². The maximum absolute atomic E-state index is 12.0. The first-order valence-corrected chi connectivity index (χ1v) is 7.79. The number of ether oxygens (including phenoxy) is 1. The van der Waals surface area contributed by atoms with Gasteiger partial charge in [0.05, 0.1) is 12.8 Å². The third-order valence-electron chi connectivity index (χ3n) is 3.97. The third kappa shape index (κ3) is 2.78. The van der Waals surface area contributed by atoms with Gasteiger partial charge in [-0.25, -0.2) is 0 Å². The van der Waals surface area contributed by atoms with Crippen LogP contribution in [0.3, 0.4) is 0 Å². The first kappa shape index (κ1) is 14.1. The summed E-state index contributed by atoms with van der Waals surface area (Å²) in [7, 11) is 1.65. The highest BCUT2D eigenvalue weighted by molar-refractivity contribution is 7.10. The van der Waals surface area contributed by atoms with Crippen LogP contribution >= 0.6 is 11.5 Å². The number of carbonyl (C=O) groups excluding carboxylic acids is 1. The van der Waals surface area contributed by atoms with Crippen LogP contribution in [0.25, 0.3) is 11.3 Å². The van der Waals surface area contributed by atoms with E-state index in [2.05, 4.69) is 16.6 Å². The van der Waals surface area contributed by atoms with E-state index >= 15 is 0 Å². The molecule has 0 saturated heterocycles. The Morgan fingerprint density at radius 3 is 2.62 bits per heavy atom. The molecule has 110 valence electrons. The summed E-state index contributed by atoms with van der Waals surface area (Å²) in [4.78, 5) is 12.0. The first-order chi connectivity index (χ1) is 10.1. The Morgan fingerprint density at radius 1 is 1.38 bits per heavy atom. The monoisotopic (exact) mass is 302 g/mol. The fraction of sp³-hybridized carbons (Fsp3) is 0.375. The molecule has 1 saturated carbocycles. The van der Waals surface area contributed by atoms with E-state index in [1.807, 2.05) is 31.2 Å². The molecule has 0 spiro atoms. The van der Waals surface area contributed by atoms with E-state index in [1.54, 1.807) is 7.11 Å². The largest absolute Gasteiger partial charge is 0.497 e. The van der Waals surface area contributed by atoms with Crippen molar-refractivity contribution >= 4 is 22.4 Å². The van der Waals surface area contributed by atoms with Gasteiger partial charge in [-0.05, 0) is 55.1 Å². The second-order valence-electron chi connectivity index (χ2n) is 5.52. The van der Waals surface area contributed by atoms with Crippen LogP contribution in [0.1, 0.15) is 18.9 Å². The summed E-state index contributed by atoms with van der Waals surface area (Å²) in [5.74, 6) is 1.63. The number of anilines is 1. The van der Waals surface area contributed by atoms with Gasteiger partial charge in [0, 0.05) is 17.0 Å². The van der Waals surface area contributed by atoms with Gasteiger partial charge in [-0.3, -0.25) is 4.79 Å². The van der Waals surface area contributed by atoms with Crippen LogP contribution in [-0.2, 0) is 4.79 Å². The zero-order valence-corrected chi connectivity index (χ0v) is 13.2. The molecule has 1 aliphatic carbocycles. The van der Waals surface area contributed by atoms with Gasteiger partial charge in [0.15, 0.2) is 0 Å². The molecule has 0 radical (unpaired) electrons. The molecule has 2 aromatic rings. The molecule has 1 aliphatic rings. The molecule has 1 aromatic heterocycles. The van der Waals surface area contributed by atoms with E-state index < -0.39 is 0 Å². The molecule has 3 rings (SSSR count). The average molecular weight is 302 g/mol. The van der Waals surface area contributed by atoms with Crippen LogP contribution in [0, 0.1) is 18.8 Å². The van der Waals surface area contributed by atoms with E-state index in [0.29, 0.717) is 5.92 Å². The molecule has 21 heavy (non-hydrogen) atoms. The molecular weight excluding hydrogens is 284 g/mol. The second-order valence-corrected chi connectivity index (χ2v) is 6.30. The minimum Gasteiger partial charge on any atom is -0.497 e. The van der Waals surface area contributed by atoms with Crippen LogP contribution < -0.4 is 10.1 Å². The predicted octanol–water partition coefficient (Wildman–Crippen LogP) is 3.72. The molecule has 2 atom stereocenters. The zero-order valence-electron chi connectivity index (χ0n) is 12.3. The number of hydrogen-bond acceptors (Lipinski definition) is 4. The van der Waals surface area contributed by atoms with Gasteiger partial charge in [-0.2, -0.15) is 4.37 Å². The minimum absolute atomic E-state index is 0.121. The standard InChI is InChI=1S/C16H18N2O2S/c1-9-8-13(9)15(19)17-16-10(2)14(18-21-16)11-4-6-12(20-3)7-5-11/h4-7,9,13H,8H2,1-3H3,(H,17,19). The minimum atomic E-state index is 0.121. The van der Waals surface area contributed by atoms with E-state index in [-0.39, 0.29) is 11.8 Å². The van der Waals surface area contributed by atoms with Gasteiger partial charge >= 0.3 is 0 Å². The molecule has 1 N–H and O–H groups in total. The molecular formula is C16H18N2O2S. The maximum Gasteiger partial charge on any atom is 0.228 e. The van der Waals surface area contributed by atoms with Crippen molar-refractivity contribution in [3.05, 3.63) is 29.8 Å². The lowest BCUT2D eigenvalue weighted by atomic mass is 10.1. The first-order valence-electron chi connectivity index (χ1n) is 7.01. The zero-order chi connectivity index (χ0) is 15.0. The lowest BCUT2D eigenvalue weighted by molar-refractivity contribution is -0.117. The number of hydrogen-bond donors (Lipinski definition) is 1. The second kappa shape index (κ2) is 5.48. The van der Waals surface area contributed by atoms with Crippen molar-refractivity contribution in [2.24, 2.45) is 11.8 Å². The van der Waals surface area contributed by atoms with Crippen LogP contribution in [-0.4, -0.2) is 17.4 Å². The van der Waals surface area contributed by atoms with Crippen molar-refractivity contribution < 1.29 is 9.53 Å². The van der Waals surface area contributed by atoms with Gasteiger partial charge in [0.1, 0.15) is 10.8 Å². The van der Waals surface area contributed by atoms with E-state index in [1.165, 1.54) is 11.5 Å². The number of nitrogens with one attached hydrogen (secondary N) is 1. The van der Waals surface area contributed by atoms with Crippen molar-refractivity contribution in [1.29, 1.82) is 0 Å². The highest BCUT2D eigenvalue weighted by Crippen LogP contribution is 2.40. The quantitative estimate of drug-likeness (QED) is 0.936. The maximum atomic E-state index is 12.0. The molecule has 1 aromatic carbocycles. The molecule has 0 aliphatic heterocycles. The van der Waals surface area contributed by atoms with E-state index in [0.717, 1.165) is 34.0 Å². The lowest BCUT2D eigenvalue weighted by Crippen LogP contribution is -2.14. The summed E-state index contributed by atoms with van der Waals surface area (Å²) < 4.78 is 9.64. The Kier molecular flexibility index (Phi) is 3.68. The fourth-order valence-electron chi connectivity index (χ4n) is 2.36. The summed E-state index contributed by atoms with van der Waals surface area (Å²) in [5.41, 5.74) is 2.97. The Bertz CT molecular complexity index is 663. The molecule has 1 amide bonds. The van der Waals surface area contributed by atoms with Crippen LogP contribution in [0.2, 0.25) is 0 Å². The lowest BCUT2D eigenvalue weighted by Gasteiger charge is -2.04. The molecule has 4 nitrogen and oxygen atoms in total. The van der Waals surface area contributed by atoms with Crippen molar-refractivity contribution in [1.82, 2.24) is 4.37 Å². The molecule has 1 fully saturated rings. The Hall–Kier alpha value is -1.88. The SMILES string of the molecule is COc1ccc(-c2nsc(NC(=O)C3CC3C)c2C)cc1. The number of rotatable bonds is 4. The summed E-state index contributed by atoms with van der Waals surface area (Å²) in [5, 5.41) is 3.86. The van der Waals surface area contributed by atoms with Gasteiger partial charge in [0.2, 0.25) is 5.91 Å². The van der Waals surface area contributed by atoms with Crippen LogP contribution in [0.15, 0.2) is 24.3 Å². The van der Waals surface area contributed by atoms with Crippen molar-refractivity contribution in [3.8, 4) is 17.0 Å². The Labute approximate surface area is 128 Å². The predicted molar refractivity (Wildman–Crippen MR) is 84.7 cm³/mol. The van der Waals surface area contributed by atoms with Crippen molar-refractivity contribution in [3.63, 3.8) is 0 Å². The molecule has 1 heterocycles. The summed E-state index contributed by atoms with van der Waals surface area (Å²) in [6.45, 7) is 4.10. The Morgan fingerprint density at radius 2 is 2.05 bits per heavy atom. The summed E-state index contributed by atoms with van der Waals surface area (Å²) in [6, 6.07) is 7.79. The van der Waals surface area contributed by atoms with Crippen molar-refractivity contribution in [2.45, 2.75) is 20.3 Å². The molecule has 2 unspecified atom stereocenters. The number of carbonyl (C=O) groups is 1. The Balaban J connectivity index is 1.79. The molecule has 5 heteroatoms. The number of amides is 1. The fourth-order valence-corrected chi connectivity index (χ4v) is 3.17.